The first-order valence-electron chi connectivity index (χ1n) is 5.78. The summed E-state index contributed by atoms with van der Waals surface area (Å²) in [6.45, 7) is 0.701. The molecule has 0 radical (unpaired) electrons. The number of aromatic amines is 1. The number of imidazole rings is 1. The highest BCUT2D eigenvalue weighted by Crippen LogP contribution is 2.27. The van der Waals surface area contributed by atoms with Crippen molar-refractivity contribution < 1.29 is 9.53 Å². The summed E-state index contributed by atoms with van der Waals surface area (Å²) in [6, 6.07) is 0. The summed E-state index contributed by atoms with van der Waals surface area (Å²) in [4.78, 5) is 18.7. The van der Waals surface area contributed by atoms with E-state index in [1.165, 1.54) is 7.11 Å². The van der Waals surface area contributed by atoms with Crippen molar-refractivity contribution in [3.63, 3.8) is 0 Å². The van der Waals surface area contributed by atoms with E-state index >= 15 is 0 Å². The number of nitrogens with two attached hydrogens (primary N) is 1. The molecule has 0 atom stereocenters. The zero-order valence-corrected chi connectivity index (χ0v) is 11.3. The minimum absolute atomic E-state index is 0.199. The third kappa shape index (κ3) is 3.22. The largest absolute Gasteiger partial charge is 0.465 e. The molecular formula is C11H15N5O2S. The van der Waals surface area contributed by atoms with Gasteiger partial charge in [-0.3, -0.25) is 0 Å². The van der Waals surface area contributed by atoms with Gasteiger partial charge in [0.25, 0.3) is 0 Å². The second kappa shape index (κ2) is 6.19. The number of nitrogens with one attached hydrogen (secondary N) is 2. The smallest absolute Gasteiger partial charge is 0.344 e. The third-order valence-electron chi connectivity index (χ3n) is 2.54. The van der Waals surface area contributed by atoms with Gasteiger partial charge in [-0.2, -0.15) is 4.37 Å². The Morgan fingerprint density at radius 2 is 2.47 bits per heavy atom. The molecule has 0 aliphatic heterocycles. The first-order valence-corrected chi connectivity index (χ1v) is 6.55. The van der Waals surface area contributed by atoms with Crippen molar-refractivity contribution in [1.29, 1.82) is 0 Å². The van der Waals surface area contributed by atoms with Gasteiger partial charge in [-0.1, -0.05) is 0 Å². The molecule has 19 heavy (non-hydrogen) atoms. The highest BCUT2D eigenvalue weighted by molar-refractivity contribution is 7.11. The first kappa shape index (κ1) is 13.3. The molecule has 0 fully saturated rings. The van der Waals surface area contributed by atoms with E-state index in [1.807, 2.05) is 0 Å². The molecule has 0 spiro atoms. The molecule has 2 aromatic heterocycles. The van der Waals surface area contributed by atoms with Gasteiger partial charge in [0, 0.05) is 25.4 Å². The number of hydrogen-bond donors (Lipinski definition) is 3. The molecule has 0 aromatic carbocycles. The molecule has 2 heterocycles. The predicted octanol–water partition coefficient (Wildman–Crippen LogP) is 1.28. The molecule has 4 N–H and O–H groups in total. The molecule has 8 heteroatoms. The van der Waals surface area contributed by atoms with Crippen molar-refractivity contribution in [2.45, 2.75) is 12.8 Å². The third-order valence-corrected chi connectivity index (χ3v) is 3.36. The number of esters is 1. The van der Waals surface area contributed by atoms with E-state index in [1.54, 1.807) is 12.4 Å². The summed E-state index contributed by atoms with van der Waals surface area (Å²) in [5.41, 5.74) is 5.95. The molecule has 102 valence electrons. The maximum atomic E-state index is 11.5. The Bertz CT molecular complexity index is 537. The van der Waals surface area contributed by atoms with Gasteiger partial charge in [0.15, 0.2) is 5.82 Å². The minimum Gasteiger partial charge on any atom is -0.465 e. The molecule has 2 aromatic rings. The Hall–Kier alpha value is -2.09. The minimum atomic E-state index is -0.472. The lowest BCUT2D eigenvalue weighted by Crippen LogP contribution is -2.09. The van der Waals surface area contributed by atoms with Crippen LogP contribution in [0.1, 0.15) is 22.6 Å². The number of H-pyrrole nitrogens is 1. The van der Waals surface area contributed by atoms with E-state index in [0.717, 1.165) is 30.2 Å². The lowest BCUT2D eigenvalue weighted by atomic mass is 10.3. The number of aryl methyl sites for hydroxylation is 1. The number of nitrogens with zero attached hydrogens (tertiary/aromatic N) is 2. The first-order chi connectivity index (χ1) is 9.22. The molecule has 2 rings (SSSR count). The fourth-order valence-electron chi connectivity index (χ4n) is 1.61. The maximum Gasteiger partial charge on any atom is 0.344 e. The number of ether oxygens (including phenoxy) is 1. The van der Waals surface area contributed by atoms with Crippen LogP contribution < -0.4 is 11.1 Å². The maximum absolute atomic E-state index is 11.5. The highest BCUT2D eigenvalue weighted by atomic mass is 32.1. The zero-order valence-electron chi connectivity index (χ0n) is 10.5. The Kier molecular flexibility index (Phi) is 4.35. The van der Waals surface area contributed by atoms with Crippen molar-refractivity contribution >= 4 is 28.3 Å². The summed E-state index contributed by atoms with van der Waals surface area (Å²) in [5, 5.41) is 3.79. The predicted molar refractivity (Wildman–Crippen MR) is 73.3 cm³/mol. The summed E-state index contributed by atoms with van der Waals surface area (Å²) < 4.78 is 8.63. The number of nitrogen functional groups attached to an aromatic ring is 1. The van der Waals surface area contributed by atoms with Crippen LogP contribution in [-0.4, -0.2) is 34.0 Å². The Morgan fingerprint density at radius 1 is 1.63 bits per heavy atom. The summed E-state index contributed by atoms with van der Waals surface area (Å²) in [7, 11) is 1.32. The van der Waals surface area contributed by atoms with Gasteiger partial charge in [-0.25, -0.2) is 9.78 Å². The van der Waals surface area contributed by atoms with E-state index in [-0.39, 0.29) is 5.82 Å². The topological polar surface area (TPSA) is 106 Å². The highest BCUT2D eigenvalue weighted by Gasteiger charge is 2.19. The molecule has 0 aliphatic carbocycles. The molecule has 0 unspecified atom stereocenters. The van der Waals surface area contributed by atoms with Crippen LogP contribution in [0.4, 0.5) is 10.8 Å². The number of hydrogen-bond acceptors (Lipinski definition) is 7. The molecule has 0 saturated carbocycles. The van der Waals surface area contributed by atoms with Crippen molar-refractivity contribution in [1.82, 2.24) is 14.3 Å². The summed E-state index contributed by atoms with van der Waals surface area (Å²) in [6.07, 6.45) is 5.23. The number of anilines is 2. The second-order valence-corrected chi connectivity index (χ2v) is 4.60. The lowest BCUT2D eigenvalue weighted by molar-refractivity contribution is 0.0603. The van der Waals surface area contributed by atoms with Crippen LogP contribution in [0.5, 0.6) is 0 Å². The van der Waals surface area contributed by atoms with E-state index in [0.29, 0.717) is 17.1 Å². The Labute approximate surface area is 114 Å². The fraction of sp³-hybridized carbons (Fsp3) is 0.364. The molecule has 0 aliphatic rings. The van der Waals surface area contributed by atoms with E-state index in [9.17, 15) is 4.79 Å². The van der Waals surface area contributed by atoms with Gasteiger partial charge in [0.05, 0.1) is 7.11 Å². The van der Waals surface area contributed by atoms with Crippen LogP contribution in [0.2, 0.25) is 0 Å². The summed E-state index contributed by atoms with van der Waals surface area (Å²) >= 11 is 1.16. The van der Waals surface area contributed by atoms with Gasteiger partial charge < -0.3 is 20.8 Å². The van der Waals surface area contributed by atoms with Crippen molar-refractivity contribution in [2.24, 2.45) is 0 Å². The van der Waals surface area contributed by atoms with Gasteiger partial charge in [0.1, 0.15) is 16.4 Å². The molecule has 0 amide bonds. The monoisotopic (exact) mass is 281 g/mol. The van der Waals surface area contributed by atoms with Crippen LogP contribution in [0.25, 0.3) is 0 Å². The van der Waals surface area contributed by atoms with E-state index < -0.39 is 5.97 Å². The molecule has 0 bridgehead atoms. The summed E-state index contributed by atoms with van der Waals surface area (Å²) in [5.74, 6) is 0.670. The van der Waals surface area contributed by atoms with E-state index in [4.69, 9.17) is 5.73 Å². The van der Waals surface area contributed by atoms with Crippen molar-refractivity contribution in [3.8, 4) is 0 Å². The lowest BCUT2D eigenvalue weighted by Gasteiger charge is -2.05. The normalized spacial score (nSPS) is 10.4. The van der Waals surface area contributed by atoms with Crippen LogP contribution in [0, 0.1) is 0 Å². The standard InChI is InChI=1S/C11H15N5O2S/c1-18-11(17)8-9(12)16-19-10(8)15-4-2-3-7-13-5-6-14-7/h5-6,15H,2-4H2,1H3,(H2,12,16)(H,13,14). The quantitative estimate of drug-likeness (QED) is 0.544. The van der Waals surface area contributed by atoms with Crippen LogP contribution in [0.15, 0.2) is 12.4 Å². The molecular weight excluding hydrogens is 266 g/mol. The Morgan fingerprint density at radius 3 is 3.16 bits per heavy atom. The number of rotatable bonds is 6. The van der Waals surface area contributed by atoms with Crippen LogP contribution >= 0.6 is 11.5 Å². The van der Waals surface area contributed by atoms with E-state index in [2.05, 4.69) is 24.4 Å². The Balaban J connectivity index is 1.87. The number of methoxy groups -OCH3 is 1. The molecule has 7 nitrogen and oxygen atoms in total. The van der Waals surface area contributed by atoms with Crippen LogP contribution in [-0.2, 0) is 11.2 Å². The van der Waals surface area contributed by atoms with Crippen molar-refractivity contribution in [3.05, 3.63) is 23.8 Å². The fourth-order valence-corrected chi connectivity index (χ4v) is 2.34. The zero-order chi connectivity index (χ0) is 13.7. The van der Waals surface area contributed by atoms with Gasteiger partial charge >= 0.3 is 5.97 Å². The average Bonchev–Trinajstić information content (AvgIpc) is 3.04. The van der Waals surface area contributed by atoms with Crippen molar-refractivity contribution in [2.75, 3.05) is 24.7 Å². The van der Waals surface area contributed by atoms with Gasteiger partial charge in [-0.05, 0) is 18.0 Å². The number of carbonyl (C=O) groups excluding carboxylic acids is 1. The van der Waals surface area contributed by atoms with Crippen LogP contribution in [0.3, 0.4) is 0 Å². The second-order valence-electron chi connectivity index (χ2n) is 3.83. The average molecular weight is 281 g/mol. The number of carbonyl (C=O) groups is 1. The van der Waals surface area contributed by atoms with Gasteiger partial charge in [0.2, 0.25) is 0 Å². The number of aromatic nitrogens is 3. The van der Waals surface area contributed by atoms with Gasteiger partial charge in [-0.15, -0.1) is 0 Å². The SMILES string of the molecule is COC(=O)c1c(N)nsc1NCCCc1ncc[nH]1. The molecule has 0 saturated heterocycles.